The molecule has 0 aromatic rings. The van der Waals surface area contributed by atoms with E-state index in [4.69, 9.17) is 23.7 Å². The van der Waals surface area contributed by atoms with E-state index in [1.807, 2.05) is 0 Å². The third kappa shape index (κ3) is 8.08. The van der Waals surface area contributed by atoms with Gasteiger partial charge in [-0.05, 0) is 0 Å². The molecule has 0 radical (unpaired) electrons. The number of aliphatic hydroxyl groups excluding tert-OH is 10. The van der Waals surface area contributed by atoms with Gasteiger partial charge in [0.25, 0.3) is 5.79 Å². The van der Waals surface area contributed by atoms with Crippen LogP contribution in [0.15, 0.2) is 0 Å². The fourth-order valence-electron chi connectivity index (χ4n) is 5.57. The molecule has 21 nitrogen and oxygen atoms in total. The normalized spacial score (nSPS) is 42.9. The summed E-state index contributed by atoms with van der Waals surface area (Å²) in [6.45, 7) is -0.789. The van der Waals surface area contributed by atoms with Crippen molar-refractivity contribution < 1.29 is 94.2 Å². The molecule has 16 atom stereocenters. The molecule has 46 heavy (non-hydrogen) atoms. The largest absolute Gasteiger partial charge is 0.477 e. The Morgan fingerprint density at radius 2 is 1.43 bits per heavy atom. The summed E-state index contributed by atoms with van der Waals surface area (Å²) >= 11 is 0. The molecule has 3 heterocycles. The lowest BCUT2D eigenvalue weighted by Crippen LogP contribution is -2.71. The number of nitrogens with one attached hydrogen (secondary N) is 2. The number of ether oxygens (including phenoxy) is 5. The second-order valence-corrected chi connectivity index (χ2v) is 11.2. The molecule has 3 fully saturated rings. The number of hydrogen-bond donors (Lipinski definition) is 13. The molecule has 0 spiro atoms. The van der Waals surface area contributed by atoms with Crippen LogP contribution in [0.5, 0.6) is 0 Å². The average molecular weight is 675 g/mol. The SMILES string of the molecule is CC(=O)N[C@@H]1[C@@H](O)[C@H](O[C@H]2O[C@H](CO)[C@H](O)[C@H](O[C@]3(C(=O)O)C[C@H](O)[C@@H](NC(C)=O)[C@H]([C@H](O)[C@H](O)CO)O3)[C@H]2O)[C@@H](CO)O[C@H]1O. The highest BCUT2D eigenvalue weighted by Crippen LogP contribution is 2.38. The number of rotatable bonds is 12. The minimum absolute atomic E-state index is 0.692. The van der Waals surface area contributed by atoms with E-state index in [0.717, 1.165) is 13.8 Å². The Morgan fingerprint density at radius 1 is 0.848 bits per heavy atom. The van der Waals surface area contributed by atoms with Gasteiger partial charge in [0.2, 0.25) is 11.8 Å². The van der Waals surface area contributed by atoms with Crippen LogP contribution < -0.4 is 10.6 Å². The summed E-state index contributed by atoms with van der Waals surface area (Å²) in [4.78, 5) is 36.0. The number of carbonyl (C=O) groups is 3. The Bertz CT molecular complexity index is 1050. The molecule has 3 rings (SSSR count). The van der Waals surface area contributed by atoms with Crippen LogP contribution in [0.3, 0.4) is 0 Å². The van der Waals surface area contributed by atoms with Crippen LogP contribution >= 0.6 is 0 Å². The number of carboxylic acids is 1. The van der Waals surface area contributed by atoms with E-state index in [1.54, 1.807) is 0 Å². The van der Waals surface area contributed by atoms with Crippen LogP contribution in [-0.4, -0.2) is 191 Å². The quantitative estimate of drug-likeness (QED) is 0.0913. The first-order chi connectivity index (χ1) is 21.5. The third-order valence-corrected chi connectivity index (χ3v) is 7.87. The van der Waals surface area contributed by atoms with Crippen LogP contribution in [0, 0.1) is 0 Å². The standard InChI is InChI=1S/C25H42N2O19/c1-7(31)26-13-9(33)3-25(24(40)41,45-20(13)15(35)10(34)4-28)46-21-16(36)11(5-29)43-23(18(21)38)44-19-12(6-30)42-22(39)14(17(19)37)27-8(2)32/h9-23,28-30,33-39H,3-6H2,1-2H3,(H,26,31)(H,27,32)(H,40,41)/t9-,10+,11+,12+,13+,14+,15+,16-,17+,18+,19+,20+,21-,22+,23+,25-/m0/s1. The van der Waals surface area contributed by atoms with Gasteiger partial charge in [-0.1, -0.05) is 0 Å². The van der Waals surface area contributed by atoms with Crippen LogP contribution in [-0.2, 0) is 38.1 Å². The topological polar surface area (TPSA) is 344 Å². The number of carbonyl (C=O) groups excluding carboxylic acids is 2. The van der Waals surface area contributed by atoms with E-state index in [0.29, 0.717) is 0 Å². The van der Waals surface area contributed by atoms with Crippen molar-refractivity contribution in [2.24, 2.45) is 0 Å². The van der Waals surface area contributed by atoms with E-state index in [9.17, 15) is 70.6 Å². The fourth-order valence-corrected chi connectivity index (χ4v) is 5.57. The molecular weight excluding hydrogens is 632 g/mol. The first-order valence-electron chi connectivity index (χ1n) is 14.2. The van der Waals surface area contributed by atoms with Crippen molar-refractivity contribution in [3.63, 3.8) is 0 Å². The fraction of sp³-hybridized carbons (Fsp3) is 0.880. The Kier molecular flexibility index (Phi) is 13.1. The Morgan fingerprint density at radius 3 is 1.96 bits per heavy atom. The van der Waals surface area contributed by atoms with E-state index in [1.165, 1.54) is 0 Å². The second kappa shape index (κ2) is 15.8. The van der Waals surface area contributed by atoms with E-state index < -0.39 is 142 Å². The molecule has 266 valence electrons. The zero-order valence-electron chi connectivity index (χ0n) is 24.7. The van der Waals surface area contributed by atoms with Crippen molar-refractivity contribution in [1.82, 2.24) is 10.6 Å². The number of hydrogen-bond acceptors (Lipinski definition) is 18. The van der Waals surface area contributed by atoms with E-state index in [2.05, 4.69) is 10.6 Å². The van der Waals surface area contributed by atoms with Gasteiger partial charge in [0, 0.05) is 20.3 Å². The average Bonchev–Trinajstić information content (AvgIpc) is 2.99. The molecule has 0 aromatic heterocycles. The van der Waals surface area contributed by atoms with Gasteiger partial charge in [0.1, 0.15) is 67.1 Å². The molecule has 13 N–H and O–H groups in total. The Balaban J connectivity index is 1.95. The number of amides is 2. The summed E-state index contributed by atoms with van der Waals surface area (Å²) in [5.74, 6) is -6.46. The van der Waals surface area contributed by atoms with Gasteiger partial charge in [0.15, 0.2) is 12.6 Å². The summed E-state index contributed by atoms with van der Waals surface area (Å²) in [6.07, 6.45) is -25.7. The van der Waals surface area contributed by atoms with Crippen molar-refractivity contribution in [2.45, 2.75) is 118 Å². The van der Waals surface area contributed by atoms with Crippen molar-refractivity contribution in [1.29, 1.82) is 0 Å². The molecule has 3 aliphatic heterocycles. The van der Waals surface area contributed by atoms with Gasteiger partial charge in [-0.15, -0.1) is 0 Å². The highest BCUT2D eigenvalue weighted by atomic mass is 16.8. The maximum Gasteiger partial charge on any atom is 0.364 e. The van der Waals surface area contributed by atoms with Gasteiger partial charge < -0.3 is 90.5 Å². The number of aliphatic hydroxyl groups is 10. The van der Waals surface area contributed by atoms with Crippen LogP contribution in [0.25, 0.3) is 0 Å². The van der Waals surface area contributed by atoms with Crippen LogP contribution in [0.4, 0.5) is 0 Å². The maximum atomic E-state index is 12.6. The smallest absolute Gasteiger partial charge is 0.364 e. The third-order valence-electron chi connectivity index (χ3n) is 7.87. The molecule has 0 bridgehead atoms. The van der Waals surface area contributed by atoms with Crippen LogP contribution in [0.2, 0.25) is 0 Å². The number of aliphatic carboxylic acids is 1. The molecule has 2 amide bonds. The van der Waals surface area contributed by atoms with Crippen molar-refractivity contribution >= 4 is 17.8 Å². The summed E-state index contributed by atoms with van der Waals surface area (Å²) in [5, 5.41) is 118. The predicted molar refractivity (Wildman–Crippen MR) is 142 cm³/mol. The predicted octanol–water partition coefficient (Wildman–Crippen LogP) is -8.08. The second-order valence-electron chi connectivity index (χ2n) is 11.2. The number of carboxylic acid groups (broad SMARTS) is 1. The first kappa shape index (κ1) is 38.3. The lowest BCUT2D eigenvalue weighted by atomic mass is 9.88. The maximum absolute atomic E-state index is 12.6. The highest BCUT2D eigenvalue weighted by molar-refractivity contribution is 5.76. The molecule has 0 saturated carbocycles. The molecule has 0 aliphatic carbocycles. The summed E-state index contributed by atoms with van der Waals surface area (Å²) in [5.41, 5.74) is 0. The van der Waals surface area contributed by atoms with Crippen molar-refractivity contribution in [2.75, 3.05) is 19.8 Å². The van der Waals surface area contributed by atoms with Gasteiger partial charge in [-0.25, -0.2) is 4.79 Å². The Hall–Kier alpha value is -2.19. The van der Waals surface area contributed by atoms with Gasteiger partial charge in [-0.3, -0.25) is 9.59 Å². The van der Waals surface area contributed by atoms with Gasteiger partial charge in [-0.2, -0.15) is 0 Å². The first-order valence-corrected chi connectivity index (χ1v) is 14.2. The highest BCUT2D eigenvalue weighted by Gasteiger charge is 2.60. The minimum atomic E-state index is -3.04. The van der Waals surface area contributed by atoms with Gasteiger partial charge in [0.05, 0.1) is 32.0 Å². The molecule has 3 saturated heterocycles. The van der Waals surface area contributed by atoms with E-state index >= 15 is 0 Å². The lowest BCUT2D eigenvalue weighted by Gasteiger charge is -2.50. The van der Waals surface area contributed by atoms with Crippen molar-refractivity contribution in [3.8, 4) is 0 Å². The lowest BCUT2D eigenvalue weighted by molar-refractivity contribution is -0.382. The molecule has 21 heteroatoms. The van der Waals surface area contributed by atoms with Gasteiger partial charge >= 0.3 is 5.97 Å². The summed E-state index contributed by atoms with van der Waals surface area (Å²) in [7, 11) is 0. The summed E-state index contributed by atoms with van der Waals surface area (Å²) < 4.78 is 27.4. The monoisotopic (exact) mass is 674 g/mol. The zero-order valence-corrected chi connectivity index (χ0v) is 24.7. The molecule has 0 aromatic carbocycles. The van der Waals surface area contributed by atoms with E-state index in [-0.39, 0.29) is 0 Å². The molecular formula is C25H42N2O19. The summed E-state index contributed by atoms with van der Waals surface area (Å²) in [6, 6.07) is -3.05. The Labute approximate surface area is 260 Å². The zero-order chi connectivity index (χ0) is 34.7. The van der Waals surface area contributed by atoms with Crippen LogP contribution in [0.1, 0.15) is 20.3 Å². The van der Waals surface area contributed by atoms with Crippen molar-refractivity contribution in [3.05, 3.63) is 0 Å². The minimum Gasteiger partial charge on any atom is -0.477 e. The molecule has 0 unspecified atom stereocenters. The molecule has 3 aliphatic rings.